The molecule has 3 aromatic rings. The summed E-state index contributed by atoms with van der Waals surface area (Å²) in [5.74, 6) is 0.162. The third-order valence-electron chi connectivity index (χ3n) is 4.01. The van der Waals surface area contributed by atoms with Crippen molar-refractivity contribution in [1.29, 1.82) is 0 Å². The summed E-state index contributed by atoms with van der Waals surface area (Å²) < 4.78 is 20.6. The lowest BCUT2D eigenvalue weighted by atomic mass is 10.2. The van der Waals surface area contributed by atoms with Gasteiger partial charge in [0.15, 0.2) is 5.78 Å². The first-order valence-electron chi connectivity index (χ1n) is 8.02. The minimum atomic E-state index is -0.331. The summed E-state index contributed by atoms with van der Waals surface area (Å²) in [7, 11) is 0. The summed E-state index contributed by atoms with van der Waals surface area (Å²) in [6.45, 7) is 8.30. The Morgan fingerprint density at radius 1 is 1.31 bits per heavy atom. The lowest BCUT2D eigenvalue weighted by Gasteiger charge is -2.05. The van der Waals surface area contributed by atoms with Crippen LogP contribution >= 0.6 is 11.8 Å². The van der Waals surface area contributed by atoms with E-state index in [1.165, 1.54) is 23.9 Å². The van der Waals surface area contributed by atoms with Crippen LogP contribution in [0.3, 0.4) is 0 Å². The van der Waals surface area contributed by atoms with Crippen LogP contribution in [0.15, 0.2) is 52.6 Å². The Morgan fingerprint density at radius 3 is 2.73 bits per heavy atom. The first-order valence-corrected chi connectivity index (χ1v) is 9.01. The fourth-order valence-corrected chi connectivity index (χ4v) is 3.32. The van der Waals surface area contributed by atoms with Gasteiger partial charge in [0.25, 0.3) is 5.22 Å². The number of rotatable bonds is 7. The second-order valence-corrected chi connectivity index (χ2v) is 6.70. The molecule has 0 radical (unpaired) electrons. The number of carbonyl (C=O) groups is 1. The van der Waals surface area contributed by atoms with Crippen molar-refractivity contribution < 1.29 is 13.6 Å². The molecule has 0 atom stereocenters. The van der Waals surface area contributed by atoms with E-state index in [0.717, 1.165) is 11.4 Å². The number of thioether (sulfide) groups is 1. The van der Waals surface area contributed by atoms with Gasteiger partial charge in [0.1, 0.15) is 5.82 Å². The van der Waals surface area contributed by atoms with Gasteiger partial charge in [0.2, 0.25) is 5.89 Å². The molecule has 0 spiro atoms. The number of aromatic nitrogens is 3. The van der Waals surface area contributed by atoms with E-state index in [4.69, 9.17) is 4.42 Å². The largest absolute Gasteiger partial charge is 0.411 e. The summed E-state index contributed by atoms with van der Waals surface area (Å²) >= 11 is 1.19. The zero-order valence-corrected chi connectivity index (χ0v) is 15.3. The number of halogens is 1. The SMILES string of the molecule is C=CCn1c(C)cc(C(=O)CSc2nnc(-c3ccc(F)cc3)o2)c1C. The molecular formula is C19H18FN3O2S. The summed E-state index contributed by atoms with van der Waals surface area (Å²) in [5.41, 5.74) is 3.26. The third kappa shape index (κ3) is 3.77. The zero-order chi connectivity index (χ0) is 18.7. The number of carbonyl (C=O) groups excluding carboxylic acids is 1. The van der Waals surface area contributed by atoms with Crippen molar-refractivity contribution in [3.63, 3.8) is 0 Å². The molecule has 0 aliphatic heterocycles. The van der Waals surface area contributed by atoms with Crippen LogP contribution in [-0.2, 0) is 6.54 Å². The van der Waals surface area contributed by atoms with E-state index in [1.807, 2.05) is 24.5 Å². The van der Waals surface area contributed by atoms with Crippen LogP contribution in [-0.4, -0.2) is 26.3 Å². The van der Waals surface area contributed by atoms with Crippen molar-refractivity contribution in [3.8, 4) is 11.5 Å². The van der Waals surface area contributed by atoms with E-state index in [-0.39, 0.29) is 17.4 Å². The summed E-state index contributed by atoms with van der Waals surface area (Å²) in [4.78, 5) is 12.5. The molecule has 0 N–H and O–H groups in total. The predicted molar refractivity (Wildman–Crippen MR) is 98.8 cm³/mol. The minimum Gasteiger partial charge on any atom is -0.411 e. The highest BCUT2D eigenvalue weighted by Crippen LogP contribution is 2.25. The molecular weight excluding hydrogens is 353 g/mol. The van der Waals surface area contributed by atoms with Gasteiger partial charge in [-0.2, -0.15) is 0 Å². The average molecular weight is 371 g/mol. The van der Waals surface area contributed by atoms with Crippen LogP contribution in [0.2, 0.25) is 0 Å². The van der Waals surface area contributed by atoms with Gasteiger partial charge in [-0.1, -0.05) is 17.8 Å². The van der Waals surface area contributed by atoms with Gasteiger partial charge >= 0.3 is 0 Å². The van der Waals surface area contributed by atoms with Crippen LogP contribution in [0.25, 0.3) is 11.5 Å². The van der Waals surface area contributed by atoms with Crippen LogP contribution in [0.1, 0.15) is 21.7 Å². The summed E-state index contributed by atoms with van der Waals surface area (Å²) in [6.07, 6.45) is 1.80. The minimum absolute atomic E-state index is 0.0000515. The smallest absolute Gasteiger partial charge is 0.277 e. The van der Waals surface area contributed by atoms with Crippen molar-refractivity contribution in [1.82, 2.24) is 14.8 Å². The quantitative estimate of drug-likeness (QED) is 0.349. The zero-order valence-electron chi connectivity index (χ0n) is 14.5. The maximum Gasteiger partial charge on any atom is 0.277 e. The van der Waals surface area contributed by atoms with Crippen molar-refractivity contribution >= 4 is 17.5 Å². The number of aryl methyl sites for hydroxylation is 1. The summed E-state index contributed by atoms with van der Waals surface area (Å²) in [5, 5.41) is 8.18. The van der Waals surface area contributed by atoms with Gasteiger partial charge < -0.3 is 8.98 Å². The van der Waals surface area contributed by atoms with Gasteiger partial charge in [0, 0.05) is 29.1 Å². The van der Waals surface area contributed by atoms with Crippen molar-refractivity contribution in [2.24, 2.45) is 0 Å². The third-order valence-corrected chi connectivity index (χ3v) is 4.83. The van der Waals surface area contributed by atoms with E-state index in [1.54, 1.807) is 18.2 Å². The second-order valence-electron chi connectivity index (χ2n) is 5.78. The molecule has 26 heavy (non-hydrogen) atoms. The molecule has 0 fully saturated rings. The normalized spacial score (nSPS) is 10.9. The molecule has 0 bridgehead atoms. The Labute approximate surface area is 154 Å². The average Bonchev–Trinajstić information content (AvgIpc) is 3.21. The predicted octanol–water partition coefficient (Wildman–Crippen LogP) is 4.46. The Hall–Kier alpha value is -2.67. The molecule has 5 nitrogen and oxygen atoms in total. The highest BCUT2D eigenvalue weighted by atomic mass is 32.2. The van der Waals surface area contributed by atoms with Crippen LogP contribution in [0, 0.1) is 19.7 Å². The maximum absolute atomic E-state index is 13.0. The lowest BCUT2D eigenvalue weighted by Crippen LogP contribution is -2.06. The van der Waals surface area contributed by atoms with Gasteiger partial charge in [-0.15, -0.1) is 16.8 Å². The molecule has 2 aromatic heterocycles. The number of hydrogen-bond acceptors (Lipinski definition) is 5. The lowest BCUT2D eigenvalue weighted by molar-refractivity contribution is 0.102. The van der Waals surface area contributed by atoms with Gasteiger partial charge in [-0.3, -0.25) is 4.79 Å². The fourth-order valence-electron chi connectivity index (χ4n) is 2.68. The summed E-state index contributed by atoms with van der Waals surface area (Å²) in [6, 6.07) is 7.68. The molecule has 0 saturated carbocycles. The number of allylic oxidation sites excluding steroid dienone is 1. The van der Waals surface area contributed by atoms with Crippen LogP contribution < -0.4 is 0 Å². The fraction of sp³-hybridized carbons (Fsp3) is 0.211. The Balaban J connectivity index is 1.68. The van der Waals surface area contributed by atoms with E-state index in [0.29, 0.717) is 28.8 Å². The molecule has 1 aromatic carbocycles. The monoisotopic (exact) mass is 371 g/mol. The molecule has 0 amide bonds. The Kier molecular flexibility index (Phi) is 5.37. The molecule has 2 heterocycles. The second kappa shape index (κ2) is 7.70. The van der Waals surface area contributed by atoms with E-state index < -0.39 is 0 Å². The Morgan fingerprint density at radius 2 is 2.04 bits per heavy atom. The van der Waals surface area contributed by atoms with Crippen LogP contribution in [0.4, 0.5) is 4.39 Å². The molecule has 0 aliphatic rings. The highest BCUT2D eigenvalue weighted by molar-refractivity contribution is 7.99. The number of benzene rings is 1. The van der Waals surface area contributed by atoms with Crippen molar-refractivity contribution in [2.45, 2.75) is 25.6 Å². The Bertz CT molecular complexity index is 944. The van der Waals surface area contributed by atoms with Gasteiger partial charge in [0.05, 0.1) is 5.75 Å². The van der Waals surface area contributed by atoms with Gasteiger partial charge in [-0.05, 0) is 44.2 Å². The first-order chi connectivity index (χ1) is 12.5. The molecule has 134 valence electrons. The standard InChI is InChI=1S/C19H18FN3O2S/c1-4-9-23-12(2)10-16(13(23)3)17(24)11-26-19-22-21-18(25-19)14-5-7-15(20)8-6-14/h4-8,10H,1,9,11H2,2-3H3. The van der Waals surface area contributed by atoms with Gasteiger partial charge in [-0.25, -0.2) is 4.39 Å². The molecule has 0 unspecified atom stereocenters. The van der Waals surface area contributed by atoms with E-state index >= 15 is 0 Å². The van der Waals surface area contributed by atoms with Crippen molar-refractivity contribution in [2.75, 3.05) is 5.75 Å². The topological polar surface area (TPSA) is 60.9 Å². The number of hydrogen-bond donors (Lipinski definition) is 0. The molecule has 0 saturated heterocycles. The van der Waals surface area contributed by atoms with E-state index in [2.05, 4.69) is 16.8 Å². The number of nitrogens with zero attached hydrogens (tertiary/aromatic N) is 3. The highest BCUT2D eigenvalue weighted by Gasteiger charge is 2.17. The molecule has 3 rings (SSSR count). The molecule has 0 aliphatic carbocycles. The van der Waals surface area contributed by atoms with E-state index in [9.17, 15) is 9.18 Å². The molecule has 7 heteroatoms. The number of Topliss-reactive ketones (excluding diaryl/α,β-unsaturated/α-hetero) is 1. The van der Waals surface area contributed by atoms with Crippen molar-refractivity contribution in [3.05, 3.63) is 65.8 Å². The first kappa shape index (κ1) is 18.1. The maximum atomic E-state index is 13.0. The van der Waals surface area contributed by atoms with Crippen LogP contribution in [0.5, 0.6) is 0 Å². The number of ketones is 1.